The number of nitrogens with zero attached hydrogens (tertiary/aromatic N) is 1. The van der Waals surface area contributed by atoms with Crippen molar-refractivity contribution in [2.75, 3.05) is 7.11 Å². The number of rotatable bonds is 3. The fourth-order valence-corrected chi connectivity index (χ4v) is 1.95. The van der Waals surface area contributed by atoms with Crippen LogP contribution in [0.1, 0.15) is 5.56 Å². The Morgan fingerprint density at radius 3 is 2.33 bits per heavy atom. The Balaban J connectivity index is 3.46. The molecule has 10 heteroatoms. The van der Waals surface area contributed by atoms with Gasteiger partial charge in [-0.1, -0.05) is 0 Å². The van der Waals surface area contributed by atoms with Gasteiger partial charge in [-0.3, -0.25) is 0 Å². The average Bonchev–Trinajstić information content (AvgIpc) is 2.17. The molecule has 0 aromatic carbocycles. The SMILES string of the molecule is COc1cnc(S(N)(=O)=O)c(C)c1OC(F)(F)F. The van der Waals surface area contributed by atoms with E-state index in [1.807, 2.05) is 0 Å². The fraction of sp³-hybridized carbons (Fsp3) is 0.375. The molecule has 0 saturated carbocycles. The topological polar surface area (TPSA) is 91.5 Å². The van der Waals surface area contributed by atoms with Crippen molar-refractivity contribution in [3.05, 3.63) is 11.8 Å². The summed E-state index contributed by atoms with van der Waals surface area (Å²) >= 11 is 0. The number of nitrogens with two attached hydrogens (primary N) is 1. The molecule has 0 amide bonds. The Bertz CT molecular complexity index is 556. The Morgan fingerprint density at radius 1 is 1.39 bits per heavy atom. The van der Waals surface area contributed by atoms with Crippen molar-refractivity contribution in [3.63, 3.8) is 0 Å². The zero-order valence-corrected chi connectivity index (χ0v) is 10.1. The Labute approximate surface area is 101 Å². The predicted molar refractivity (Wildman–Crippen MR) is 53.6 cm³/mol. The number of sulfonamides is 1. The molecular formula is C8H9F3N2O4S. The number of aromatic nitrogens is 1. The number of halogens is 3. The predicted octanol–water partition coefficient (Wildman–Crippen LogP) is 0.945. The van der Waals surface area contributed by atoms with Crippen molar-refractivity contribution < 1.29 is 31.1 Å². The maximum absolute atomic E-state index is 12.2. The van der Waals surface area contributed by atoms with Gasteiger partial charge in [-0.2, -0.15) is 0 Å². The third kappa shape index (κ3) is 3.23. The number of hydrogen-bond acceptors (Lipinski definition) is 5. The van der Waals surface area contributed by atoms with Crippen molar-refractivity contribution in [1.29, 1.82) is 0 Å². The van der Waals surface area contributed by atoms with Crippen LogP contribution in [-0.4, -0.2) is 26.9 Å². The molecule has 0 spiro atoms. The molecule has 1 rings (SSSR count). The fourth-order valence-electron chi connectivity index (χ4n) is 1.23. The smallest absolute Gasteiger partial charge is 0.491 e. The van der Waals surface area contributed by atoms with Crippen LogP contribution in [0.3, 0.4) is 0 Å². The Hall–Kier alpha value is -1.55. The maximum Gasteiger partial charge on any atom is 0.573 e. The van der Waals surface area contributed by atoms with E-state index < -0.39 is 27.2 Å². The van der Waals surface area contributed by atoms with Gasteiger partial charge in [-0.05, 0) is 6.92 Å². The lowest BCUT2D eigenvalue weighted by molar-refractivity contribution is -0.275. The summed E-state index contributed by atoms with van der Waals surface area (Å²) in [5, 5.41) is 4.11. The highest BCUT2D eigenvalue weighted by molar-refractivity contribution is 7.89. The van der Waals surface area contributed by atoms with E-state index in [4.69, 9.17) is 5.14 Å². The largest absolute Gasteiger partial charge is 0.573 e. The highest BCUT2D eigenvalue weighted by Crippen LogP contribution is 2.36. The van der Waals surface area contributed by atoms with Crippen LogP contribution >= 0.6 is 0 Å². The molecule has 0 saturated heterocycles. The molecule has 0 aliphatic rings. The number of primary sulfonamides is 1. The zero-order valence-electron chi connectivity index (χ0n) is 9.28. The molecule has 0 aliphatic carbocycles. The van der Waals surface area contributed by atoms with Crippen molar-refractivity contribution in [2.45, 2.75) is 18.3 Å². The quantitative estimate of drug-likeness (QED) is 0.893. The van der Waals surface area contributed by atoms with E-state index >= 15 is 0 Å². The van der Waals surface area contributed by atoms with E-state index in [0.717, 1.165) is 20.2 Å². The Morgan fingerprint density at radius 2 is 1.94 bits per heavy atom. The third-order valence-electron chi connectivity index (χ3n) is 1.89. The lowest BCUT2D eigenvalue weighted by atomic mass is 10.3. The van der Waals surface area contributed by atoms with Crippen LogP contribution < -0.4 is 14.6 Å². The second-order valence-corrected chi connectivity index (χ2v) is 4.66. The molecule has 1 aromatic rings. The van der Waals surface area contributed by atoms with Gasteiger partial charge in [0, 0.05) is 5.56 Å². The summed E-state index contributed by atoms with van der Waals surface area (Å²) in [7, 11) is -3.16. The van der Waals surface area contributed by atoms with Crippen LogP contribution in [0.2, 0.25) is 0 Å². The van der Waals surface area contributed by atoms with E-state index in [1.54, 1.807) is 0 Å². The van der Waals surface area contributed by atoms with Crippen LogP contribution in [0.4, 0.5) is 13.2 Å². The van der Waals surface area contributed by atoms with Gasteiger partial charge in [0.05, 0.1) is 13.3 Å². The standard InChI is InChI=1S/C8H9F3N2O4S/c1-4-6(17-8(9,10)11)5(16-2)3-13-7(4)18(12,14)15/h3H,1-2H3,(H2,12,14,15). The maximum atomic E-state index is 12.2. The lowest BCUT2D eigenvalue weighted by Gasteiger charge is -2.15. The highest BCUT2D eigenvalue weighted by atomic mass is 32.2. The van der Waals surface area contributed by atoms with Gasteiger partial charge < -0.3 is 9.47 Å². The zero-order chi connectivity index (χ0) is 14.1. The van der Waals surface area contributed by atoms with Crippen LogP contribution in [0.5, 0.6) is 11.5 Å². The first-order chi connectivity index (χ1) is 8.06. The molecule has 18 heavy (non-hydrogen) atoms. The number of pyridine rings is 1. The van der Waals surface area contributed by atoms with Gasteiger partial charge in [-0.15, -0.1) is 13.2 Å². The van der Waals surface area contributed by atoms with Gasteiger partial charge in [0.1, 0.15) is 0 Å². The van der Waals surface area contributed by atoms with Gasteiger partial charge in [0.2, 0.25) is 0 Å². The minimum Gasteiger partial charge on any atom is -0.491 e. The molecule has 0 fully saturated rings. The normalized spacial score (nSPS) is 12.3. The summed E-state index contributed by atoms with van der Waals surface area (Å²) in [6.45, 7) is 1.08. The first-order valence-corrected chi connectivity index (χ1v) is 5.93. The Kier molecular flexibility index (Phi) is 3.72. The van der Waals surface area contributed by atoms with E-state index in [2.05, 4.69) is 14.5 Å². The summed E-state index contributed by atoms with van der Waals surface area (Å²) in [4.78, 5) is 3.43. The summed E-state index contributed by atoms with van der Waals surface area (Å²) in [6.07, 6.45) is -4.21. The molecule has 2 N–H and O–H groups in total. The first kappa shape index (κ1) is 14.5. The molecule has 1 heterocycles. The number of methoxy groups -OCH3 is 1. The van der Waals surface area contributed by atoms with Gasteiger partial charge in [-0.25, -0.2) is 18.5 Å². The van der Waals surface area contributed by atoms with E-state index in [-0.39, 0.29) is 11.3 Å². The van der Waals surface area contributed by atoms with Gasteiger partial charge in [0.25, 0.3) is 10.0 Å². The van der Waals surface area contributed by atoms with Crippen LogP contribution in [-0.2, 0) is 10.0 Å². The minimum absolute atomic E-state index is 0.350. The first-order valence-electron chi connectivity index (χ1n) is 4.38. The van der Waals surface area contributed by atoms with E-state index in [9.17, 15) is 21.6 Å². The third-order valence-corrected chi connectivity index (χ3v) is 2.84. The van der Waals surface area contributed by atoms with Crippen LogP contribution in [0, 0.1) is 6.92 Å². The second kappa shape index (κ2) is 4.61. The molecule has 0 radical (unpaired) electrons. The number of ether oxygens (including phenoxy) is 2. The molecule has 0 unspecified atom stereocenters. The van der Waals surface area contributed by atoms with E-state index in [1.165, 1.54) is 0 Å². The van der Waals surface area contributed by atoms with Crippen LogP contribution in [0.15, 0.2) is 11.2 Å². The lowest BCUT2D eigenvalue weighted by Crippen LogP contribution is -2.21. The molecular weight excluding hydrogens is 277 g/mol. The minimum atomic E-state index is -4.99. The van der Waals surface area contributed by atoms with Crippen molar-refractivity contribution in [3.8, 4) is 11.5 Å². The molecule has 0 atom stereocenters. The second-order valence-electron chi connectivity index (χ2n) is 3.18. The molecule has 0 aliphatic heterocycles. The summed E-state index contributed by atoms with van der Waals surface area (Å²) in [6, 6.07) is 0. The molecule has 0 bridgehead atoms. The summed E-state index contributed by atoms with van der Waals surface area (Å²) in [5.74, 6) is -1.14. The molecule has 1 aromatic heterocycles. The van der Waals surface area contributed by atoms with E-state index in [0.29, 0.717) is 0 Å². The number of alkyl halides is 3. The van der Waals surface area contributed by atoms with Crippen LogP contribution in [0.25, 0.3) is 0 Å². The summed E-state index contributed by atoms with van der Waals surface area (Å²) in [5.41, 5.74) is -0.380. The summed E-state index contributed by atoms with van der Waals surface area (Å²) < 4.78 is 67.1. The highest BCUT2D eigenvalue weighted by Gasteiger charge is 2.34. The average molecular weight is 286 g/mol. The van der Waals surface area contributed by atoms with Gasteiger partial charge in [0.15, 0.2) is 16.5 Å². The molecule has 6 nitrogen and oxygen atoms in total. The van der Waals surface area contributed by atoms with Crippen molar-refractivity contribution >= 4 is 10.0 Å². The monoisotopic (exact) mass is 286 g/mol. The number of hydrogen-bond donors (Lipinski definition) is 1. The van der Waals surface area contributed by atoms with Crippen molar-refractivity contribution in [2.24, 2.45) is 5.14 Å². The van der Waals surface area contributed by atoms with Crippen molar-refractivity contribution in [1.82, 2.24) is 4.98 Å². The van der Waals surface area contributed by atoms with Gasteiger partial charge >= 0.3 is 6.36 Å². The molecule has 102 valence electrons.